The number of furan rings is 1. The number of hydrogen-bond acceptors (Lipinski definition) is 5. The van der Waals surface area contributed by atoms with Crippen LogP contribution in [0, 0.1) is 0 Å². The Labute approximate surface area is 170 Å². The van der Waals surface area contributed by atoms with Gasteiger partial charge in [-0.05, 0) is 35.9 Å². The average molecular weight is 393 g/mol. The van der Waals surface area contributed by atoms with Crippen LogP contribution in [0.15, 0.2) is 78.0 Å². The molecule has 0 saturated carbocycles. The lowest BCUT2D eigenvalue weighted by Crippen LogP contribution is -1.84. The number of fused-ring (bicyclic) bond motifs is 2. The lowest BCUT2D eigenvalue weighted by Gasteiger charge is -2.02. The van der Waals surface area contributed by atoms with Gasteiger partial charge in [-0.3, -0.25) is 10.1 Å². The van der Waals surface area contributed by atoms with Crippen LogP contribution in [-0.2, 0) is 0 Å². The van der Waals surface area contributed by atoms with Crippen LogP contribution in [0.3, 0.4) is 0 Å². The fraction of sp³-hybridized carbons (Fsp3) is 0. The topological polar surface area (TPSA) is 104 Å². The molecule has 144 valence electrons. The molecule has 0 spiro atoms. The van der Waals surface area contributed by atoms with E-state index < -0.39 is 0 Å². The first-order valence-electron chi connectivity index (χ1n) is 9.39. The van der Waals surface area contributed by atoms with Gasteiger partial charge in [-0.2, -0.15) is 5.10 Å². The van der Waals surface area contributed by atoms with Crippen LogP contribution in [0.25, 0.3) is 55.6 Å². The number of aromatic hydroxyl groups is 1. The Hall–Kier alpha value is -4.39. The average Bonchev–Trinajstić information content (AvgIpc) is 3.51. The third-order valence-corrected chi connectivity index (χ3v) is 5.23. The minimum atomic E-state index is 0.113. The summed E-state index contributed by atoms with van der Waals surface area (Å²) in [5.41, 5.74) is 7.17. The minimum absolute atomic E-state index is 0.113. The molecule has 0 aliphatic heterocycles. The van der Waals surface area contributed by atoms with E-state index in [9.17, 15) is 5.11 Å². The van der Waals surface area contributed by atoms with E-state index in [0.717, 1.165) is 49.9 Å². The zero-order valence-electron chi connectivity index (χ0n) is 15.6. The maximum absolute atomic E-state index is 9.75. The molecule has 0 radical (unpaired) electrons. The Morgan fingerprint density at radius 3 is 2.70 bits per heavy atom. The zero-order chi connectivity index (χ0) is 20.1. The Bertz CT molecular complexity index is 1510. The Morgan fingerprint density at radius 2 is 1.83 bits per heavy atom. The first-order valence-corrected chi connectivity index (χ1v) is 9.39. The van der Waals surface area contributed by atoms with Crippen LogP contribution >= 0.6 is 0 Å². The van der Waals surface area contributed by atoms with Crippen LogP contribution < -0.4 is 0 Å². The van der Waals surface area contributed by atoms with E-state index in [1.807, 2.05) is 24.3 Å². The summed E-state index contributed by atoms with van der Waals surface area (Å²) in [5, 5.41) is 19.2. The van der Waals surface area contributed by atoms with Gasteiger partial charge in [0.1, 0.15) is 5.75 Å². The van der Waals surface area contributed by atoms with E-state index in [-0.39, 0.29) is 5.75 Å². The summed E-state index contributed by atoms with van der Waals surface area (Å²) in [6, 6.07) is 13.9. The van der Waals surface area contributed by atoms with Gasteiger partial charge >= 0.3 is 0 Å². The number of aromatic nitrogens is 5. The molecule has 7 heteroatoms. The number of pyridine rings is 2. The van der Waals surface area contributed by atoms with E-state index in [1.54, 1.807) is 31.0 Å². The number of H-pyrrole nitrogens is 2. The second-order valence-electron chi connectivity index (χ2n) is 7.09. The molecule has 0 atom stereocenters. The number of nitrogens with zero attached hydrogens (tertiary/aromatic N) is 3. The predicted molar refractivity (Wildman–Crippen MR) is 114 cm³/mol. The van der Waals surface area contributed by atoms with Crippen LogP contribution in [0.1, 0.15) is 0 Å². The molecule has 1 aromatic carbocycles. The number of hydrogen-bond donors (Lipinski definition) is 3. The summed E-state index contributed by atoms with van der Waals surface area (Å²) in [6.45, 7) is 0. The summed E-state index contributed by atoms with van der Waals surface area (Å²) in [4.78, 5) is 12.0. The van der Waals surface area contributed by atoms with E-state index >= 15 is 0 Å². The van der Waals surface area contributed by atoms with Gasteiger partial charge in [-0.15, -0.1) is 0 Å². The SMILES string of the molecule is Oc1cncc(-c2cnc3n[nH]c(-c4cc5c(-c6ccoc6)cccc5[nH]4)c3c2)c1. The lowest BCUT2D eigenvalue weighted by molar-refractivity contribution is 0.473. The molecule has 0 aliphatic carbocycles. The smallest absolute Gasteiger partial charge is 0.181 e. The number of benzene rings is 1. The van der Waals surface area contributed by atoms with Gasteiger partial charge in [0.25, 0.3) is 0 Å². The van der Waals surface area contributed by atoms with Crippen molar-refractivity contribution < 1.29 is 9.52 Å². The van der Waals surface area contributed by atoms with Crippen molar-refractivity contribution >= 4 is 21.9 Å². The summed E-state index contributed by atoms with van der Waals surface area (Å²) in [7, 11) is 0. The molecule has 0 fully saturated rings. The van der Waals surface area contributed by atoms with Gasteiger partial charge in [0.2, 0.25) is 0 Å². The van der Waals surface area contributed by atoms with Crippen molar-refractivity contribution in [2.75, 3.05) is 0 Å². The first-order chi connectivity index (χ1) is 14.8. The van der Waals surface area contributed by atoms with Crippen molar-refractivity contribution in [3.8, 4) is 39.4 Å². The fourth-order valence-electron chi connectivity index (χ4n) is 3.81. The van der Waals surface area contributed by atoms with Crippen molar-refractivity contribution in [3.63, 3.8) is 0 Å². The Balaban J connectivity index is 1.52. The van der Waals surface area contributed by atoms with Crippen LogP contribution in [0.2, 0.25) is 0 Å². The third kappa shape index (κ3) is 2.56. The predicted octanol–water partition coefficient (Wildman–Crippen LogP) is 5.13. The highest BCUT2D eigenvalue weighted by atomic mass is 16.3. The van der Waals surface area contributed by atoms with Crippen LogP contribution in [0.5, 0.6) is 5.75 Å². The number of rotatable bonds is 3. The van der Waals surface area contributed by atoms with Crippen molar-refractivity contribution in [2.24, 2.45) is 0 Å². The fourth-order valence-corrected chi connectivity index (χ4v) is 3.81. The van der Waals surface area contributed by atoms with E-state index in [2.05, 4.69) is 37.3 Å². The summed E-state index contributed by atoms with van der Waals surface area (Å²) < 4.78 is 5.26. The quantitative estimate of drug-likeness (QED) is 0.386. The van der Waals surface area contributed by atoms with Crippen molar-refractivity contribution in [1.82, 2.24) is 25.1 Å². The molecule has 7 nitrogen and oxygen atoms in total. The van der Waals surface area contributed by atoms with Crippen LogP contribution in [-0.4, -0.2) is 30.3 Å². The van der Waals surface area contributed by atoms with Crippen LogP contribution in [0.4, 0.5) is 0 Å². The maximum atomic E-state index is 9.75. The molecule has 0 saturated heterocycles. The first kappa shape index (κ1) is 16.6. The summed E-state index contributed by atoms with van der Waals surface area (Å²) in [5.74, 6) is 0.113. The van der Waals surface area contributed by atoms with Gasteiger partial charge < -0.3 is 14.5 Å². The Kier molecular flexibility index (Phi) is 3.48. The molecule has 6 rings (SSSR count). The Morgan fingerprint density at radius 1 is 0.900 bits per heavy atom. The third-order valence-electron chi connectivity index (χ3n) is 5.23. The molecule has 0 amide bonds. The molecule has 0 aliphatic rings. The highest BCUT2D eigenvalue weighted by Gasteiger charge is 2.15. The minimum Gasteiger partial charge on any atom is -0.506 e. The van der Waals surface area contributed by atoms with Gasteiger partial charge in [0, 0.05) is 45.4 Å². The molecular formula is C23H15N5O2. The zero-order valence-corrected chi connectivity index (χ0v) is 15.6. The standard InChI is InChI=1S/C23H15N5O2/c29-16-6-14(9-24-11-16)15-7-19-22(27-28-23(19)25-10-15)21-8-18-17(13-4-5-30-12-13)2-1-3-20(18)26-21/h1-12,26,29H,(H,25,27,28). The maximum Gasteiger partial charge on any atom is 0.181 e. The van der Waals surface area contributed by atoms with Gasteiger partial charge in [0.05, 0.1) is 30.1 Å². The second kappa shape index (κ2) is 6.31. The number of nitrogens with one attached hydrogen (secondary N) is 2. The molecule has 0 bridgehead atoms. The monoisotopic (exact) mass is 393 g/mol. The summed E-state index contributed by atoms with van der Waals surface area (Å²) in [6.07, 6.45) is 8.25. The van der Waals surface area contributed by atoms with E-state index in [0.29, 0.717) is 5.65 Å². The lowest BCUT2D eigenvalue weighted by atomic mass is 10.0. The molecule has 5 aromatic heterocycles. The molecule has 0 unspecified atom stereocenters. The van der Waals surface area contributed by atoms with Crippen molar-refractivity contribution in [1.29, 1.82) is 0 Å². The molecule has 6 aromatic rings. The normalized spacial score (nSPS) is 11.5. The molecule has 5 heterocycles. The molecular weight excluding hydrogens is 378 g/mol. The molecule has 30 heavy (non-hydrogen) atoms. The van der Waals surface area contributed by atoms with Gasteiger partial charge in [-0.1, -0.05) is 12.1 Å². The van der Waals surface area contributed by atoms with E-state index in [4.69, 9.17) is 4.42 Å². The largest absolute Gasteiger partial charge is 0.506 e. The van der Waals surface area contributed by atoms with Gasteiger partial charge in [-0.25, -0.2) is 4.98 Å². The second-order valence-corrected chi connectivity index (χ2v) is 7.09. The van der Waals surface area contributed by atoms with E-state index in [1.165, 1.54) is 6.20 Å². The van der Waals surface area contributed by atoms with Gasteiger partial charge in [0.15, 0.2) is 5.65 Å². The summed E-state index contributed by atoms with van der Waals surface area (Å²) >= 11 is 0. The molecule has 3 N–H and O–H groups in total. The van der Waals surface area contributed by atoms with Crippen molar-refractivity contribution in [2.45, 2.75) is 0 Å². The van der Waals surface area contributed by atoms with Crippen molar-refractivity contribution in [3.05, 3.63) is 73.6 Å². The highest BCUT2D eigenvalue weighted by molar-refractivity contribution is 6.01. The number of aromatic amines is 2. The highest BCUT2D eigenvalue weighted by Crippen LogP contribution is 2.35.